The lowest BCUT2D eigenvalue weighted by molar-refractivity contribution is 0.102. The molecule has 1 heterocycles. The number of benzene rings is 1. The first-order valence-corrected chi connectivity index (χ1v) is 4.98. The Hall–Kier alpha value is -2.70. The molecule has 0 aliphatic heterocycles. The van der Waals surface area contributed by atoms with E-state index in [4.69, 9.17) is 5.73 Å². The van der Waals surface area contributed by atoms with Gasteiger partial charge >= 0.3 is 0 Å². The van der Waals surface area contributed by atoms with Crippen molar-refractivity contribution in [2.75, 3.05) is 11.1 Å². The third kappa shape index (κ3) is 2.51. The Morgan fingerprint density at radius 2 is 2.11 bits per heavy atom. The molecule has 1 aromatic heterocycles. The number of aromatic amines is 1. The highest BCUT2D eigenvalue weighted by Gasteiger charge is 2.11. The molecule has 0 unspecified atom stereocenters. The molecule has 92 valence electrons. The number of hydrogen-bond donors (Lipinski definition) is 3. The molecule has 0 aliphatic carbocycles. The first kappa shape index (κ1) is 11.8. The summed E-state index contributed by atoms with van der Waals surface area (Å²) in [5.74, 6) is -1.03. The molecule has 4 N–H and O–H groups in total. The standard InChI is InChI=1S/C11H9FN4O2/c12-6-1-2-8(13)7(5-6)11(18)14-9-3-4-10(17)16-15-9/h1-5H,13H2,(H,16,17)(H,14,15,18). The van der Waals surface area contributed by atoms with Crippen LogP contribution in [0, 0.1) is 5.82 Å². The van der Waals surface area contributed by atoms with Crippen LogP contribution in [-0.4, -0.2) is 16.1 Å². The third-order valence-corrected chi connectivity index (χ3v) is 2.18. The fourth-order valence-electron chi connectivity index (χ4n) is 1.32. The first-order valence-electron chi connectivity index (χ1n) is 4.98. The van der Waals surface area contributed by atoms with Crippen LogP contribution in [0.5, 0.6) is 0 Å². The van der Waals surface area contributed by atoms with Crippen molar-refractivity contribution in [3.63, 3.8) is 0 Å². The largest absolute Gasteiger partial charge is 0.398 e. The molecule has 1 amide bonds. The molecule has 0 saturated heterocycles. The van der Waals surface area contributed by atoms with Gasteiger partial charge in [-0.05, 0) is 24.3 Å². The predicted octanol–water partition coefficient (Wildman–Crippen LogP) is 0.744. The molecular weight excluding hydrogens is 239 g/mol. The number of carbonyl (C=O) groups excluding carboxylic acids is 1. The zero-order valence-electron chi connectivity index (χ0n) is 9.11. The number of rotatable bonds is 2. The number of H-pyrrole nitrogens is 1. The number of anilines is 2. The Kier molecular flexibility index (Phi) is 3.05. The average Bonchev–Trinajstić information content (AvgIpc) is 2.35. The topological polar surface area (TPSA) is 101 Å². The molecule has 18 heavy (non-hydrogen) atoms. The number of hydrogen-bond acceptors (Lipinski definition) is 4. The van der Waals surface area contributed by atoms with Gasteiger partial charge in [-0.3, -0.25) is 9.59 Å². The van der Waals surface area contributed by atoms with Gasteiger partial charge in [0.25, 0.3) is 11.5 Å². The van der Waals surface area contributed by atoms with Crippen LogP contribution in [0.2, 0.25) is 0 Å². The van der Waals surface area contributed by atoms with Crippen molar-refractivity contribution >= 4 is 17.4 Å². The van der Waals surface area contributed by atoms with E-state index in [1.807, 2.05) is 0 Å². The number of nitrogens with one attached hydrogen (secondary N) is 2. The maximum Gasteiger partial charge on any atom is 0.264 e. The van der Waals surface area contributed by atoms with Crippen molar-refractivity contribution in [1.82, 2.24) is 10.2 Å². The number of halogens is 1. The van der Waals surface area contributed by atoms with Crippen molar-refractivity contribution in [3.8, 4) is 0 Å². The van der Waals surface area contributed by atoms with Gasteiger partial charge in [0, 0.05) is 11.8 Å². The molecule has 0 saturated carbocycles. The highest BCUT2D eigenvalue weighted by molar-refractivity contribution is 6.07. The number of nitrogens with zero attached hydrogens (tertiary/aromatic N) is 1. The highest BCUT2D eigenvalue weighted by Crippen LogP contribution is 2.14. The Balaban J connectivity index is 2.24. The summed E-state index contributed by atoms with van der Waals surface area (Å²) in [7, 11) is 0. The summed E-state index contributed by atoms with van der Waals surface area (Å²) in [6, 6.07) is 6.01. The SMILES string of the molecule is Nc1ccc(F)cc1C(=O)Nc1ccc(=O)[nH]n1. The maximum absolute atomic E-state index is 13.0. The molecule has 2 aromatic rings. The normalized spacial score (nSPS) is 10.1. The van der Waals surface area contributed by atoms with E-state index in [9.17, 15) is 14.0 Å². The van der Waals surface area contributed by atoms with Gasteiger partial charge in [0.2, 0.25) is 0 Å². The van der Waals surface area contributed by atoms with Gasteiger partial charge < -0.3 is 11.1 Å². The lowest BCUT2D eigenvalue weighted by Gasteiger charge is -2.06. The van der Waals surface area contributed by atoms with Crippen LogP contribution in [0.4, 0.5) is 15.9 Å². The maximum atomic E-state index is 13.0. The lowest BCUT2D eigenvalue weighted by atomic mass is 10.1. The van der Waals surface area contributed by atoms with E-state index in [0.717, 1.165) is 12.1 Å². The summed E-state index contributed by atoms with van der Waals surface area (Å²) in [5.41, 5.74) is 5.33. The quantitative estimate of drug-likeness (QED) is 0.682. The molecule has 0 bridgehead atoms. The van der Waals surface area contributed by atoms with Gasteiger partial charge in [-0.1, -0.05) is 0 Å². The minimum atomic E-state index is -0.605. The van der Waals surface area contributed by atoms with Crippen molar-refractivity contribution in [2.45, 2.75) is 0 Å². The van der Waals surface area contributed by atoms with E-state index in [-0.39, 0.29) is 17.1 Å². The number of aromatic nitrogens is 2. The zero-order chi connectivity index (χ0) is 13.1. The van der Waals surface area contributed by atoms with E-state index in [2.05, 4.69) is 15.5 Å². The highest BCUT2D eigenvalue weighted by atomic mass is 19.1. The number of nitrogen functional groups attached to an aromatic ring is 1. The Bertz CT molecular complexity index is 633. The van der Waals surface area contributed by atoms with Crippen LogP contribution < -0.4 is 16.6 Å². The molecule has 0 aliphatic rings. The summed E-state index contributed by atoms with van der Waals surface area (Å²) < 4.78 is 13.0. The van der Waals surface area contributed by atoms with Crippen LogP contribution in [0.15, 0.2) is 35.1 Å². The number of carbonyl (C=O) groups is 1. The van der Waals surface area contributed by atoms with Crippen molar-refractivity contribution < 1.29 is 9.18 Å². The summed E-state index contributed by atoms with van der Waals surface area (Å²) in [6.45, 7) is 0. The molecule has 1 aromatic carbocycles. The van der Waals surface area contributed by atoms with Crippen LogP contribution >= 0.6 is 0 Å². The van der Waals surface area contributed by atoms with Crippen LogP contribution in [0.25, 0.3) is 0 Å². The molecule has 7 heteroatoms. The average molecular weight is 248 g/mol. The van der Waals surface area contributed by atoms with Crippen molar-refractivity contribution in [1.29, 1.82) is 0 Å². The third-order valence-electron chi connectivity index (χ3n) is 2.18. The fraction of sp³-hybridized carbons (Fsp3) is 0. The fourth-order valence-corrected chi connectivity index (χ4v) is 1.32. The van der Waals surface area contributed by atoms with Gasteiger partial charge in [0.05, 0.1) is 5.56 Å². The molecule has 0 spiro atoms. The summed E-state index contributed by atoms with van der Waals surface area (Å²) in [4.78, 5) is 22.6. The first-order chi connectivity index (χ1) is 8.56. The van der Waals surface area contributed by atoms with Crippen LogP contribution in [-0.2, 0) is 0 Å². The molecule has 0 fully saturated rings. The Labute approximate surface area is 101 Å². The van der Waals surface area contributed by atoms with E-state index < -0.39 is 17.3 Å². The second-order valence-corrected chi connectivity index (χ2v) is 3.49. The van der Waals surface area contributed by atoms with E-state index in [1.165, 1.54) is 18.2 Å². The van der Waals surface area contributed by atoms with E-state index >= 15 is 0 Å². The Morgan fingerprint density at radius 3 is 2.78 bits per heavy atom. The van der Waals surface area contributed by atoms with Crippen molar-refractivity contribution in [2.24, 2.45) is 0 Å². The second-order valence-electron chi connectivity index (χ2n) is 3.49. The summed E-state index contributed by atoms with van der Waals surface area (Å²) in [6.07, 6.45) is 0. The van der Waals surface area contributed by atoms with Gasteiger partial charge in [-0.15, -0.1) is 0 Å². The second kappa shape index (κ2) is 4.66. The number of nitrogens with two attached hydrogens (primary N) is 1. The minimum Gasteiger partial charge on any atom is -0.398 e. The van der Waals surface area contributed by atoms with Gasteiger partial charge in [0.1, 0.15) is 5.82 Å². The van der Waals surface area contributed by atoms with E-state index in [1.54, 1.807) is 0 Å². The smallest absolute Gasteiger partial charge is 0.264 e. The van der Waals surface area contributed by atoms with Crippen LogP contribution in [0.3, 0.4) is 0 Å². The minimum absolute atomic E-state index is 0.00278. The monoisotopic (exact) mass is 248 g/mol. The summed E-state index contributed by atoms with van der Waals surface area (Å²) in [5, 5.41) is 8.14. The van der Waals surface area contributed by atoms with Crippen LogP contribution in [0.1, 0.15) is 10.4 Å². The predicted molar refractivity (Wildman–Crippen MR) is 63.6 cm³/mol. The molecule has 6 nitrogen and oxygen atoms in total. The zero-order valence-corrected chi connectivity index (χ0v) is 9.11. The molecule has 2 rings (SSSR count). The van der Waals surface area contributed by atoms with Gasteiger partial charge in [0.15, 0.2) is 5.82 Å². The number of amides is 1. The lowest BCUT2D eigenvalue weighted by Crippen LogP contribution is -2.17. The van der Waals surface area contributed by atoms with E-state index in [0.29, 0.717) is 0 Å². The van der Waals surface area contributed by atoms with Crippen molar-refractivity contribution in [3.05, 3.63) is 52.1 Å². The van der Waals surface area contributed by atoms with Gasteiger partial charge in [-0.25, -0.2) is 9.49 Å². The van der Waals surface area contributed by atoms with Gasteiger partial charge in [-0.2, -0.15) is 5.10 Å². The molecule has 0 radical (unpaired) electrons. The molecule has 0 atom stereocenters. The molecular formula is C11H9FN4O2. The summed E-state index contributed by atoms with van der Waals surface area (Å²) >= 11 is 0. The Morgan fingerprint density at radius 1 is 1.33 bits per heavy atom.